The Balaban J connectivity index is 0.00000196. The molecule has 0 aliphatic carbocycles. The SMILES string of the molecule is Cl.O=C(NCc1ccc(CN2CCCC2)cc1)c1n[nH]c2c1CNCC2. The van der Waals surface area contributed by atoms with E-state index in [4.69, 9.17) is 0 Å². The summed E-state index contributed by atoms with van der Waals surface area (Å²) in [5.41, 5.74) is 5.05. The lowest BCUT2D eigenvalue weighted by atomic mass is 10.1. The summed E-state index contributed by atoms with van der Waals surface area (Å²) < 4.78 is 0. The number of H-pyrrole nitrogens is 1. The van der Waals surface area contributed by atoms with Gasteiger partial charge in [0.25, 0.3) is 5.91 Å². The van der Waals surface area contributed by atoms with E-state index < -0.39 is 0 Å². The number of halogens is 1. The molecule has 0 saturated carbocycles. The van der Waals surface area contributed by atoms with Gasteiger partial charge >= 0.3 is 0 Å². The second-order valence-corrected chi connectivity index (χ2v) is 6.94. The Kier molecular flexibility index (Phi) is 6.29. The molecule has 0 unspecified atom stereocenters. The number of aromatic amines is 1. The van der Waals surface area contributed by atoms with Gasteiger partial charge in [0.15, 0.2) is 5.69 Å². The average molecular weight is 376 g/mol. The number of likely N-dealkylation sites (tertiary alicyclic amines) is 1. The molecule has 140 valence electrons. The summed E-state index contributed by atoms with van der Waals surface area (Å²) in [6.45, 7) is 5.61. The first-order valence-corrected chi connectivity index (χ1v) is 9.15. The highest BCUT2D eigenvalue weighted by Gasteiger charge is 2.21. The number of benzene rings is 1. The minimum Gasteiger partial charge on any atom is -0.347 e. The Morgan fingerprint density at radius 1 is 1.15 bits per heavy atom. The molecule has 2 aliphatic rings. The molecule has 1 amide bonds. The number of nitrogens with zero attached hydrogens (tertiary/aromatic N) is 2. The van der Waals surface area contributed by atoms with Crippen LogP contribution in [0.5, 0.6) is 0 Å². The van der Waals surface area contributed by atoms with Gasteiger partial charge in [0.05, 0.1) is 0 Å². The molecule has 0 radical (unpaired) electrons. The molecule has 1 saturated heterocycles. The number of aromatic nitrogens is 2. The van der Waals surface area contributed by atoms with E-state index in [9.17, 15) is 4.79 Å². The number of amides is 1. The molecular formula is C19H26ClN5O. The number of rotatable bonds is 5. The number of carbonyl (C=O) groups is 1. The molecule has 26 heavy (non-hydrogen) atoms. The predicted molar refractivity (Wildman–Crippen MR) is 103 cm³/mol. The van der Waals surface area contributed by atoms with E-state index >= 15 is 0 Å². The molecule has 0 bridgehead atoms. The van der Waals surface area contributed by atoms with Crippen molar-refractivity contribution in [2.24, 2.45) is 0 Å². The van der Waals surface area contributed by atoms with E-state index in [0.717, 1.165) is 36.3 Å². The van der Waals surface area contributed by atoms with Gasteiger partial charge in [-0.2, -0.15) is 5.10 Å². The van der Waals surface area contributed by atoms with Gasteiger partial charge < -0.3 is 10.6 Å². The van der Waals surface area contributed by atoms with Gasteiger partial charge in [0.2, 0.25) is 0 Å². The van der Waals surface area contributed by atoms with Gasteiger partial charge in [0.1, 0.15) is 0 Å². The van der Waals surface area contributed by atoms with E-state index in [1.54, 1.807) is 0 Å². The summed E-state index contributed by atoms with van der Waals surface area (Å²) in [6.07, 6.45) is 3.53. The lowest BCUT2D eigenvalue weighted by molar-refractivity contribution is 0.0944. The monoisotopic (exact) mass is 375 g/mol. The first-order chi connectivity index (χ1) is 12.3. The summed E-state index contributed by atoms with van der Waals surface area (Å²) in [6, 6.07) is 8.54. The van der Waals surface area contributed by atoms with Crippen molar-refractivity contribution in [3.05, 3.63) is 52.3 Å². The Bertz CT molecular complexity index is 737. The van der Waals surface area contributed by atoms with Gasteiger partial charge in [-0.25, -0.2) is 0 Å². The normalized spacial score (nSPS) is 16.8. The number of carbonyl (C=O) groups excluding carboxylic acids is 1. The minimum absolute atomic E-state index is 0. The Hall–Kier alpha value is -1.89. The first-order valence-electron chi connectivity index (χ1n) is 9.15. The minimum atomic E-state index is -0.109. The molecule has 6 nitrogen and oxygen atoms in total. The number of hydrogen-bond acceptors (Lipinski definition) is 4. The molecule has 4 rings (SSSR count). The maximum atomic E-state index is 12.4. The second kappa shape index (κ2) is 8.66. The summed E-state index contributed by atoms with van der Waals surface area (Å²) in [5, 5.41) is 13.5. The van der Waals surface area contributed by atoms with Crippen LogP contribution in [-0.2, 0) is 26.1 Å². The Morgan fingerprint density at radius 3 is 2.65 bits per heavy atom. The third-order valence-electron chi connectivity index (χ3n) is 5.10. The van der Waals surface area contributed by atoms with Crippen molar-refractivity contribution in [3.8, 4) is 0 Å². The van der Waals surface area contributed by atoms with Crippen LogP contribution in [0.1, 0.15) is 45.7 Å². The lowest BCUT2D eigenvalue weighted by Gasteiger charge is -2.15. The summed E-state index contributed by atoms with van der Waals surface area (Å²) in [4.78, 5) is 14.9. The van der Waals surface area contributed by atoms with E-state index in [2.05, 4.69) is 50.0 Å². The maximum absolute atomic E-state index is 12.4. The molecule has 0 spiro atoms. The van der Waals surface area contributed by atoms with Crippen LogP contribution in [-0.4, -0.2) is 40.6 Å². The van der Waals surface area contributed by atoms with Crippen LogP contribution in [0.3, 0.4) is 0 Å². The topological polar surface area (TPSA) is 73.0 Å². The van der Waals surface area contributed by atoms with Gasteiger partial charge in [0, 0.05) is 43.9 Å². The smallest absolute Gasteiger partial charge is 0.272 e. The summed E-state index contributed by atoms with van der Waals surface area (Å²) in [5.74, 6) is -0.109. The van der Waals surface area contributed by atoms with Crippen LogP contribution in [0.15, 0.2) is 24.3 Å². The van der Waals surface area contributed by atoms with Crippen LogP contribution in [0.4, 0.5) is 0 Å². The van der Waals surface area contributed by atoms with Crippen molar-refractivity contribution in [2.45, 2.75) is 38.9 Å². The van der Waals surface area contributed by atoms with Crippen molar-refractivity contribution in [3.63, 3.8) is 0 Å². The zero-order valence-corrected chi connectivity index (χ0v) is 15.7. The number of nitrogens with one attached hydrogen (secondary N) is 3. The molecule has 1 aromatic carbocycles. The highest BCUT2D eigenvalue weighted by Crippen LogP contribution is 2.16. The highest BCUT2D eigenvalue weighted by atomic mass is 35.5. The number of hydrogen-bond donors (Lipinski definition) is 3. The summed E-state index contributed by atoms with van der Waals surface area (Å²) in [7, 11) is 0. The largest absolute Gasteiger partial charge is 0.347 e. The molecule has 7 heteroatoms. The third kappa shape index (κ3) is 4.26. The molecular weight excluding hydrogens is 350 g/mol. The third-order valence-corrected chi connectivity index (χ3v) is 5.10. The van der Waals surface area contributed by atoms with Crippen molar-refractivity contribution < 1.29 is 4.79 Å². The quantitative estimate of drug-likeness (QED) is 0.747. The Labute approximate surface area is 160 Å². The fourth-order valence-corrected chi connectivity index (χ4v) is 3.64. The van der Waals surface area contributed by atoms with Crippen molar-refractivity contribution in [2.75, 3.05) is 19.6 Å². The van der Waals surface area contributed by atoms with Gasteiger partial charge in [-0.15, -0.1) is 12.4 Å². The van der Waals surface area contributed by atoms with Crippen LogP contribution in [0.2, 0.25) is 0 Å². The number of fused-ring (bicyclic) bond motifs is 1. The molecule has 2 aliphatic heterocycles. The van der Waals surface area contributed by atoms with E-state index in [-0.39, 0.29) is 18.3 Å². The molecule has 3 N–H and O–H groups in total. The van der Waals surface area contributed by atoms with Crippen molar-refractivity contribution >= 4 is 18.3 Å². The molecule has 2 aromatic rings. The molecule has 0 atom stereocenters. The zero-order valence-electron chi connectivity index (χ0n) is 14.9. The van der Waals surface area contributed by atoms with Gasteiger partial charge in [-0.3, -0.25) is 14.8 Å². The lowest BCUT2D eigenvalue weighted by Crippen LogP contribution is -2.28. The van der Waals surface area contributed by atoms with Crippen LogP contribution >= 0.6 is 12.4 Å². The van der Waals surface area contributed by atoms with Crippen molar-refractivity contribution in [1.82, 2.24) is 25.7 Å². The van der Waals surface area contributed by atoms with E-state index in [1.807, 2.05) is 0 Å². The Morgan fingerprint density at radius 2 is 1.88 bits per heavy atom. The van der Waals surface area contributed by atoms with E-state index in [0.29, 0.717) is 18.8 Å². The zero-order chi connectivity index (χ0) is 17.1. The maximum Gasteiger partial charge on any atom is 0.272 e. The molecule has 3 heterocycles. The fourth-order valence-electron chi connectivity index (χ4n) is 3.64. The van der Waals surface area contributed by atoms with Crippen LogP contribution < -0.4 is 10.6 Å². The second-order valence-electron chi connectivity index (χ2n) is 6.94. The fraction of sp³-hybridized carbons (Fsp3) is 0.474. The highest BCUT2D eigenvalue weighted by molar-refractivity contribution is 5.94. The molecule has 1 aromatic heterocycles. The van der Waals surface area contributed by atoms with Crippen LogP contribution in [0.25, 0.3) is 0 Å². The van der Waals surface area contributed by atoms with Gasteiger partial charge in [-0.1, -0.05) is 24.3 Å². The average Bonchev–Trinajstić information content (AvgIpc) is 3.30. The van der Waals surface area contributed by atoms with Gasteiger partial charge in [-0.05, 0) is 37.1 Å². The van der Waals surface area contributed by atoms with Crippen LogP contribution in [0, 0.1) is 0 Å². The van der Waals surface area contributed by atoms with Crippen molar-refractivity contribution in [1.29, 1.82) is 0 Å². The van der Waals surface area contributed by atoms with E-state index in [1.165, 1.54) is 31.5 Å². The predicted octanol–water partition coefficient (Wildman–Crippen LogP) is 2.00. The standard InChI is InChI=1S/C19H25N5O.ClH/c25-19(18-16-12-20-8-7-17(16)22-23-18)21-11-14-3-5-15(6-4-14)13-24-9-1-2-10-24;/h3-6,20H,1-2,7-13H2,(H,21,25)(H,22,23);1H. The molecule has 1 fully saturated rings. The summed E-state index contributed by atoms with van der Waals surface area (Å²) >= 11 is 0. The first kappa shape index (κ1) is 18.9.